The molecule has 5 rings (SSSR count). The van der Waals surface area contributed by atoms with Crippen molar-refractivity contribution in [2.24, 2.45) is 5.73 Å². The van der Waals surface area contributed by atoms with Gasteiger partial charge in [-0.2, -0.15) is 0 Å². The third-order valence-electron chi connectivity index (χ3n) is 5.75. The first kappa shape index (κ1) is 20.4. The van der Waals surface area contributed by atoms with Crippen LogP contribution in [0, 0.1) is 13.8 Å². The van der Waals surface area contributed by atoms with E-state index in [4.69, 9.17) is 10.2 Å². The summed E-state index contributed by atoms with van der Waals surface area (Å²) in [4.78, 5) is 37.6. The lowest BCUT2D eigenvalue weighted by Crippen LogP contribution is -2.32. The Hall–Kier alpha value is -3.52. The molecular weight excluding hydrogens is 424 g/mol. The van der Waals surface area contributed by atoms with Crippen LogP contribution < -0.4 is 5.73 Å². The van der Waals surface area contributed by atoms with Crippen LogP contribution >= 0.6 is 11.3 Å². The van der Waals surface area contributed by atoms with Crippen molar-refractivity contribution >= 4 is 33.4 Å². The molecule has 3 aromatic heterocycles. The third kappa shape index (κ3) is 3.67. The van der Waals surface area contributed by atoms with Crippen molar-refractivity contribution in [1.82, 2.24) is 14.9 Å². The van der Waals surface area contributed by atoms with E-state index in [-0.39, 0.29) is 11.9 Å². The topological polar surface area (TPSA) is 102 Å². The number of nitrogens with two attached hydrogens (primary N) is 1. The first-order valence-electron chi connectivity index (χ1n) is 10.4. The smallest absolute Gasteiger partial charge is 0.264 e. The number of benzene rings is 1. The molecule has 1 aromatic carbocycles. The number of primary amides is 1. The third-order valence-corrected chi connectivity index (χ3v) is 6.92. The van der Waals surface area contributed by atoms with Crippen molar-refractivity contribution in [3.05, 3.63) is 69.9 Å². The Labute approximate surface area is 188 Å². The van der Waals surface area contributed by atoms with Gasteiger partial charge in [-0.3, -0.25) is 9.59 Å². The second-order valence-corrected chi connectivity index (χ2v) is 9.07. The summed E-state index contributed by atoms with van der Waals surface area (Å²) in [6.45, 7) is 4.38. The van der Waals surface area contributed by atoms with Gasteiger partial charge in [0.05, 0.1) is 16.8 Å². The fourth-order valence-electron chi connectivity index (χ4n) is 3.91. The second-order valence-electron chi connectivity index (χ2n) is 8.07. The highest BCUT2D eigenvalue weighted by atomic mass is 32.1. The van der Waals surface area contributed by atoms with Crippen molar-refractivity contribution < 1.29 is 14.0 Å². The molecule has 0 radical (unpaired) electrons. The summed E-state index contributed by atoms with van der Waals surface area (Å²) in [5, 5.41) is 0.926. The normalized spacial score (nSPS) is 13.4. The molecule has 162 valence electrons. The van der Waals surface area contributed by atoms with Crippen LogP contribution in [0.25, 0.3) is 21.8 Å². The van der Waals surface area contributed by atoms with Crippen LogP contribution in [0.4, 0.5) is 0 Å². The zero-order valence-electron chi connectivity index (χ0n) is 17.8. The lowest BCUT2D eigenvalue weighted by molar-refractivity contribution is 0.0734. The first-order chi connectivity index (χ1) is 15.4. The second kappa shape index (κ2) is 7.87. The Kier molecular flexibility index (Phi) is 5.01. The van der Waals surface area contributed by atoms with E-state index in [0.29, 0.717) is 28.6 Å². The minimum Gasteiger partial charge on any atom is -0.461 e. The molecule has 1 fully saturated rings. The average Bonchev–Trinajstić information content (AvgIpc) is 3.34. The fourth-order valence-corrected chi connectivity index (χ4v) is 5.10. The van der Waals surface area contributed by atoms with E-state index in [1.54, 1.807) is 24.5 Å². The molecule has 3 heterocycles. The van der Waals surface area contributed by atoms with E-state index in [1.807, 2.05) is 36.9 Å². The zero-order chi connectivity index (χ0) is 22.4. The largest absolute Gasteiger partial charge is 0.461 e. The summed E-state index contributed by atoms with van der Waals surface area (Å²) >= 11 is 1.40. The quantitative estimate of drug-likeness (QED) is 0.471. The van der Waals surface area contributed by atoms with Gasteiger partial charge >= 0.3 is 0 Å². The molecule has 2 N–H and O–H groups in total. The lowest BCUT2D eigenvalue weighted by Gasteiger charge is -2.22. The molecule has 8 heteroatoms. The number of aromatic nitrogens is 2. The highest BCUT2D eigenvalue weighted by Crippen LogP contribution is 2.36. The molecule has 7 nitrogen and oxygen atoms in total. The van der Waals surface area contributed by atoms with Gasteiger partial charge in [0.1, 0.15) is 4.83 Å². The van der Waals surface area contributed by atoms with Crippen LogP contribution in [0.1, 0.15) is 49.7 Å². The highest BCUT2D eigenvalue weighted by Gasteiger charge is 2.35. The summed E-state index contributed by atoms with van der Waals surface area (Å²) in [5.41, 5.74) is 8.50. The van der Waals surface area contributed by atoms with Crippen LogP contribution in [0.15, 0.2) is 47.1 Å². The van der Waals surface area contributed by atoms with Gasteiger partial charge in [-0.05, 0) is 62.1 Å². The van der Waals surface area contributed by atoms with Crippen LogP contribution in [0.2, 0.25) is 0 Å². The first-order valence-corrected chi connectivity index (χ1v) is 11.3. The maximum Gasteiger partial charge on any atom is 0.264 e. The van der Waals surface area contributed by atoms with Gasteiger partial charge < -0.3 is 15.1 Å². The standard InChI is InChI=1S/C24H22N4O3S/c1-13-19-14(2)26-22(18-4-3-11-31-18)27-23(19)32-20(13)24(30)28(17-9-10-17)12-15-5-7-16(8-6-15)21(25)29/h3-8,11,17H,9-10,12H2,1-2H3,(H2,25,29). The molecule has 1 aliphatic rings. The Morgan fingerprint density at radius 3 is 2.53 bits per heavy atom. The number of nitrogens with zero attached hydrogens (tertiary/aromatic N) is 3. The van der Waals surface area contributed by atoms with E-state index in [0.717, 1.165) is 39.9 Å². The SMILES string of the molecule is Cc1nc(-c2ccco2)nc2sc(C(=O)N(Cc3ccc(C(N)=O)cc3)C3CC3)c(C)c12. The molecule has 0 unspecified atom stereocenters. The molecule has 1 saturated carbocycles. The number of carbonyl (C=O) groups excluding carboxylic acids is 2. The Morgan fingerprint density at radius 2 is 1.91 bits per heavy atom. The van der Waals surface area contributed by atoms with Crippen molar-refractivity contribution in [2.45, 2.75) is 39.3 Å². The molecule has 0 spiro atoms. The van der Waals surface area contributed by atoms with Crippen molar-refractivity contribution in [3.8, 4) is 11.6 Å². The predicted octanol–water partition coefficient (Wildman–Crippen LogP) is 4.47. The number of furan rings is 1. The van der Waals surface area contributed by atoms with Crippen LogP contribution in [-0.2, 0) is 6.54 Å². The fraction of sp³-hybridized carbons (Fsp3) is 0.250. The Bertz CT molecular complexity index is 1320. The van der Waals surface area contributed by atoms with Gasteiger partial charge in [-0.25, -0.2) is 9.97 Å². The van der Waals surface area contributed by atoms with Crippen molar-refractivity contribution in [1.29, 1.82) is 0 Å². The molecule has 32 heavy (non-hydrogen) atoms. The number of hydrogen-bond donors (Lipinski definition) is 1. The number of carbonyl (C=O) groups is 2. The van der Waals surface area contributed by atoms with E-state index in [9.17, 15) is 9.59 Å². The molecule has 0 bridgehead atoms. The van der Waals surface area contributed by atoms with Crippen LogP contribution in [0.5, 0.6) is 0 Å². The van der Waals surface area contributed by atoms with E-state index in [2.05, 4.69) is 9.97 Å². The number of aryl methyl sites for hydroxylation is 2. The maximum atomic E-state index is 13.6. The number of amides is 2. The number of fused-ring (bicyclic) bond motifs is 1. The van der Waals surface area contributed by atoms with Gasteiger partial charge in [0, 0.05) is 23.5 Å². The maximum absolute atomic E-state index is 13.6. The Balaban J connectivity index is 1.48. The molecular formula is C24H22N4O3S. The van der Waals surface area contributed by atoms with Crippen molar-refractivity contribution in [2.75, 3.05) is 0 Å². The number of hydrogen-bond acceptors (Lipinski definition) is 6. The van der Waals surface area contributed by atoms with Crippen LogP contribution in [0.3, 0.4) is 0 Å². The number of rotatable bonds is 6. The molecule has 4 aromatic rings. The van der Waals surface area contributed by atoms with Crippen molar-refractivity contribution in [3.63, 3.8) is 0 Å². The van der Waals surface area contributed by atoms with E-state index in [1.165, 1.54) is 11.3 Å². The van der Waals surface area contributed by atoms with E-state index < -0.39 is 5.91 Å². The van der Waals surface area contributed by atoms with Gasteiger partial charge in [0.25, 0.3) is 5.91 Å². The highest BCUT2D eigenvalue weighted by molar-refractivity contribution is 7.20. The summed E-state index contributed by atoms with van der Waals surface area (Å²) in [6, 6.07) is 11.0. The molecule has 2 amide bonds. The summed E-state index contributed by atoms with van der Waals surface area (Å²) < 4.78 is 5.45. The molecule has 0 saturated heterocycles. The van der Waals surface area contributed by atoms with Gasteiger partial charge in [0.15, 0.2) is 11.6 Å². The van der Waals surface area contributed by atoms with Gasteiger partial charge in [-0.1, -0.05) is 12.1 Å². The van der Waals surface area contributed by atoms with Gasteiger partial charge in [0.2, 0.25) is 5.91 Å². The van der Waals surface area contributed by atoms with Crippen LogP contribution in [-0.4, -0.2) is 32.7 Å². The Morgan fingerprint density at radius 1 is 1.16 bits per heavy atom. The zero-order valence-corrected chi connectivity index (χ0v) is 18.6. The molecule has 0 atom stereocenters. The minimum atomic E-state index is -0.460. The summed E-state index contributed by atoms with van der Waals surface area (Å²) in [6.07, 6.45) is 3.59. The summed E-state index contributed by atoms with van der Waals surface area (Å²) in [5.74, 6) is 0.672. The van der Waals surface area contributed by atoms with Gasteiger partial charge in [-0.15, -0.1) is 11.3 Å². The molecule has 1 aliphatic carbocycles. The number of thiophene rings is 1. The minimum absolute atomic E-state index is 0.00549. The predicted molar refractivity (Wildman–Crippen MR) is 122 cm³/mol. The molecule has 0 aliphatic heterocycles. The average molecular weight is 447 g/mol. The monoisotopic (exact) mass is 446 g/mol. The lowest BCUT2D eigenvalue weighted by atomic mass is 10.1. The summed E-state index contributed by atoms with van der Waals surface area (Å²) in [7, 11) is 0. The van der Waals surface area contributed by atoms with E-state index >= 15 is 0 Å².